The number of nitrogens with zero attached hydrogens (tertiary/aromatic N) is 2. The zero-order valence-corrected chi connectivity index (χ0v) is 9.22. The summed E-state index contributed by atoms with van der Waals surface area (Å²) in [5.41, 5.74) is 0. The first-order valence-electron chi connectivity index (χ1n) is 5.40. The summed E-state index contributed by atoms with van der Waals surface area (Å²) in [6.07, 6.45) is 0.594. The minimum absolute atomic E-state index is 0.0316. The minimum Gasteiger partial charge on any atom is -0.396 e. The molecule has 0 bridgehead atoms. The number of aliphatic hydroxyl groups is 2. The highest BCUT2D eigenvalue weighted by molar-refractivity contribution is 5.73. The molecule has 0 aromatic rings. The average molecular weight is 216 g/mol. The standard InChI is InChI=1S/C10H20N2O3/c1-9(15)11-3-5-12(6-4-11)10(8-14)2-7-13/h10,13-14H,2-8H2,1H3. The largest absolute Gasteiger partial charge is 0.396 e. The van der Waals surface area contributed by atoms with Crippen LogP contribution in [0.3, 0.4) is 0 Å². The molecule has 1 amide bonds. The van der Waals surface area contributed by atoms with Crippen LogP contribution in [0.15, 0.2) is 0 Å². The summed E-state index contributed by atoms with van der Waals surface area (Å²) in [4.78, 5) is 15.0. The molecule has 88 valence electrons. The van der Waals surface area contributed by atoms with Crippen LogP contribution in [0.5, 0.6) is 0 Å². The van der Waals surface area contributed by atoms with Gasteiger partial charge in [-0.25, -0.2) is 0 Å². The smallest absolute Gasteiger partial charge is 0.219 e. The number of hydrogen-bond donors (Lipinski definition) is 2. The summed E-state index contributed by atoms with van der Waals surface area (Å²) in [5, 5.41) is 18.0. The quantitative estimate of drug-likeness (QED) is 0.626. The summed E-state index contributed by atoms with van der Waals surface area (Å²) < 4.78 is 0. The van der Waals surface area contributed by atoms with E-state index in [1.165, 1.54) is 0 Å². The normalized spacial score (nSPS) is 20.3. The summed E-state index contributed by atoms with van der Waals surface area (Å²) in [7, 11) is 0. The third kappa shape index (κ3) is 3.44. The van der Waals surface area contributed by atoms with Crippen molar-refractivity contribution in [3.05, 3.63) is 0 Å². The molecule has 2 N–H and O–H groups in total. The molecule has 1 saturated heterocycles. The van der Waals surface area contributed by atoms with Gasteiger partial charge in [0.2, 0.25) is 5.91 Å². The lowest BCUT2D eigenvalue weighted by molar-refractivity contribution is -0.131. The van der Waals surface area contributed by atoms with Gasteiger partial charge >= 0.3 is 0 Å². The lowest BCUT2D eigenvalue weighted by atomic mass is 10.1. The van der Waals surface area contributed by atoms with E-state index in [1.807, 2.05) is 4.90 Å². The Morgan fingerprint density at radius 3 is 2.27 bits per heavy atom. The second-order valence-corrected chi connectivity index (χ2v) is 3.89. The highest BCUT2D eigenvalue weighted by Gasteiger charge is 2.23. The third-order valence-corrected chi connectivity index (χ3v) is 2.95. The van der Waals surface area contributed by atoms with Gasteiger partial charge < -0.3 is 15.1 Å². The SMILES string of the molecule is CC(=O)N1CCN(C(CO)CCO)CC1. The van der Waals surface area contributed by atoms with E-state index in [4.69, 9.17) is 10.2 Å². The van der Waals surface area contributed by atoms with Crippen molar-refractivity contribution in [3.8, 4) is 0 Å². The van der Waals surface area contributed by atoms with Gasteiger partial charge in [0.25, 0.3) is 0 Å². The molecule has 0 saturated carbocycles. The average Bonchev–Trinajstić information content (AvgIpc) is 2.26. The number of piperazine rings is 1. The molecule has 1 unspecified atom stereocenters. The Hall–Kier alpha value is -0.650. The zero-order chi connectivity index (χ0) is 11.3. The Morgan fingerprint density at radius 1 is 1.27 bits per heavy atom. The van der Waals surface area contributed by atoms with Crippen molar-refractivity contribution < 1.29 is 15.0 Å². The fraction of sp³-hybridized carbons (Fsp3) is 0.900. The summed E-state index contributed by atoms with van der Waals surface area (Å²) >= 11 is 0. The van der Waals surface area contributed by atoms with Gasteiger partial charge in [0.05, 0.1) is 6.61 Å². The van der Waals surface area contributed by atoms with E-state index in [1.54, 1.807) is 6.92 Å². The van der Waals surface area contributed by atoms with E-state index in [9.17, 15) is 4.79 Å². The Morgan fingerprint density at radius 2 is 1.87 bits per heavy atom. The van der Waals surface area contributed by atoms with Crippen LogP contribution < -0.4 is 0 Å². The Balaban J connectivity index is 2.38. The number of carbonyl (C=O) groups excluding carboxylic acids is 1. The van der Waals surface area contributed by atoms with Crippen molar-refractivity contribution in [1.29, 1.82) is 0 Å². The van der Waals surface area contributed by atoms with Crippen LogP contribution in [-0.4, -0.2) is 71.4 Å². The van der Waals surface area contributed by atoms with E-state index in [2.05, 4.69) is 4.90 Å². The van der Waals surface area contributed by atoms with Gasteiger partial charge in [-0.2, -0.15) is 0 Å². The minimum atomic E-state index is 0.0316. The summed E-state index contributed by atoms with van der Waals surface area (Å²) in [6.45, 7) is 4.75. The molecule has 1 fully saturated rings. The molecular formula is C10H20N2O3. The predicted octanol–water partition coefficient (Wildman–Crippen LogP) is -1.11. The second-order valence-electron chi connectivity index (χ2n) is 3.89. The topological polar surface area (TPSA) is 64.0 Å². The van der Waals surface area contributed by atoms with Gasteiger partial charge in [0, 0.05) is 45.8 Å². The maximum atomic E-state index is 11.1. The molecule has 1 atom stereocenters. The van der Waals surface area contributed by atoms with Gasteiger partial charge in [-0.05, 0) is 6.42 Å². The first-order valence-corrected chi connectivity index (χ1v) is 5.40. The molecule has 1 heterocycles. The molecule has 15 heavy (non-hydrogen) atoms. The molecule has 1 rings (SSSR count). The van der Waals surface area contributed by atoms with E-state index in [-0.39, 0.29) is 25.2 Å². The van der Waals surface area contributed by atoms with Gasteiger partial charge in [-0.3, -0.25) is 9.69 Å². The first kappa shape index (κ1) is 12.4. The number of amides is 1. The first-order chi connectivity index (χ1) is 7.19. The van der Waals surface area contributed by atoms with E-state index in [0.717, 1.165) is 26.2 Å². The van der Waals surface area contributed by atoms with Gasteiger partial charge in [0.1, 0.15) is 0 Å². The molecule has 0 aromatic heterocycles. The van der Waals surface area contributed by atoms with Crippen LogP contribution in [0.2, 0.25) is 0 Å². The molecule has 5 heteroatoms. The Labute approximate surface area is 90.3 Å². The predicted molar refractivity (Wildman–Crippen MR) is 56.4 cm³/mol. The summed E-state index contributed by atoms with van der Waals surface area (Å²) in [5.74, 6) is 0.109. The van der Waals surface area contributed by atoms with Gasteiger partial charge in [0.15, 0.2) is 0 Å². The van der Waals surface area contributed by atoms with Crippen molar-refractivity contribution in [3.63, 3.8) is 0 Å². The fourth-order valence-corrected chi connectivity index (χ4v) is 1.94. The molecule has 0 aliphatic carbocycles. The van der Waals surface area contributed by atoms with Crippen LogP contribution in [0.1, 0.15) is 13.3 Å². The van der Waals surface area contributed by atoms with Crippen molar-refractivity contribution in [2.45, 2.75) is 19.4 Å². The van der Waals surface area contributed by atoms with Crippen LogP contribution in [0.4, 0.5) is 0 Å². The molecule has 5 nitrogen and oxygen atoms in total. The maximum absolute atomic E-state index is 11.1. The number of aliphatic hydroxyl groups excluding tert-OH is 2. The van der Waals surface area contributed by atoms with Crippen molar-refractivity contribution in [2.75, 3.05) is 39.4 Å². The lowest BCUT2D eigenvalue weighted by Crippen LogP contribution is -2.52. The van der Waals surface area contributed by atoms with Crippen LogP contribution in [-0.2, 0) is 4.79 Å². The van der Waals surface area contributed by atoms with Crippen LogP contribution in [0.25, 0.3) is 0 Å². The molecular weight excluding hydrogens is 196 g/mol. The Kier molecular flexibility index (Phi) is 5.01. The van der Waals surface area contributed by atoms with Gasteiger partial charge in [-0.15, -0.1) is 0 Å². The van der Waals surface area contributed by atoms with Crippen molar-refractivity contribution in [2.24, 2.45) is 0 Å². The lowest BCUT2D eigenvalue weighted by Gasteiger charge is -2.38. The second kappa shape index (κ2) is 6.05. The monoisotopic (exact) mass is 216 g/mol. The third-order valence-electron chi connectivity index (χ3n) is 2.95. The molecule has 1 aliphatic rings. The number of hydrogen-bond acceptors (Lipinski definition) is 4. The number of carbonyl (C=O) groups is 1. The molecule has 0 radical (unpaired) electrons. The van der Waals surface area contributed by atoms with Crippen molar-refractivity contribution in [1.82, 2.24) is 9.80 Å². The maximum Gasteiger partial charge on any atom is 0.219 e. The Bertz CT molecular complexity index is 203. The van der Waals surface area contributed by atoms with E-state index in [0.29, 0.717) is 6.42 Å². The number of rotatable bonds is 4. The van der Waals surface area contributed by atoms with Crippen LogP contribution in [0, 0.1) is 0 Å². The molecule has 1 aliphatic heterocycles. The van der Waals surface area contributed by atoms with E-state index < -0.39 is 0 Å². The highest BCUT2D eigenvalue weighted by Crippen LogP contribution is 2.08. The van der Waals surface area contributed by atoms with Crippen molar-refractivity contribution >= 4 is 5.91 Å². The zero-order valence-electron chi connectivity index (χ0n) is 9.22. The highest BCUT2D eigenvalue weighted by atomic mass is 16.3. The molecule has 0 aromatic carbocycles. The van der Waals surface area contributed by atoms with E-state index >= 15 is 0 Å². The molecule has 0 spiro atoms. The van der Waals surface area contributed by atoms with Crippen LogP contribution >= 0.6 is 0 Å². The van der Waals surface area contributed by atoms with Gasteiger partial charge in [-0.1, -0.05) is 0 Å². The summed E-state index contributed by atoms with van der Waals surface area (Å²) in [6, 6.07) is 0.0316. The fourth-order valence-electron chi connectivity index (χ4n) is 1.94.